The van der Waals surface area contributed by atoms with Gasteiger partial charge in [-0.3, -0.25) is 0 Å². The SMILES string of the molecule is S=C1N=C2/C(=C/c3ccc(Cl)cc3Cl)CNCC2C(c2ccc(Cl)cc2Cl)N1. The van der Waals surface area contributed by atoms with Crippen LogP contribution in [0.2, 0.25) is 20.1 Å². The molecule has 0 amide bonds. The van der Waals surface area contributed by atoms with Crippen molar-refractivity contribution in [3.05, 3.63) is 73.2 Å². The third kappa shape index (κ3) is 4.09. The van der Waals surface area contributed by atoms with Crippen molar-refractivity contribution in [2.75, 3.05) is 13.1 Å². The van der Waals surface area contributed by atoms with Crippen LogP contribution in [0.15, 0.2) is 47.0 Å². The van der Waals surface area contributed by atoms with Crippen LogP contribution in [-0.4, -0.2) is 23.9 Å². The Morgan fingerprint density at radius 2 is 1.71 bits per heavy atom. The molecule has 3 nitrogen and oxygen atoms in total. The average Bonchev–Trinajstić information content (AvgIpc) is 2.64. The fourth-order valence-electron chi connectivity index (χ4n) is 3.57. The van der Waals surface area contributed by atoms with Crippen molar-refractivity contribution in [1.82, 2.24) is 10.6 Å². The van der Waals surface area contributed by atoms with E-state index in [-0.39, 0.29) is 12.0 Å². The van der Waals surface area contributed by atoms with Crippen LogP contribution in [0, 0.1) is 5.92 Å². The first-order chi connectivity index (χ1) is 13.4. The number of hydrogen-bond donors (Lipinski definition) is 2. The minimum Gasteiger partial charge on any atom is -0.353 e. The van der Waals surface area contributed by atoms with Crippen LogP contribution in [0.4, 0.5) is 0 Å². The highest BCUT2D eigenvalue weighted by molar-refractivity contribution is 7.80. The summed E-state index contributed by atoms with van der Waals surface area (Å²) in [7, 11) is 0. The monoisotopic (exact) mass is 469 g/mol. The number of halogens is 4. The van der Waals surface area contributed by atoms with E-state index in [1.807, 2.05) is 30.3 Å². The predicted molar refractivity (Wildman–Crippen MR) is 123 cm³/mol. The molecule has 28 heavy (non-hydrogen) atoms. The van der Waals surface area contributed by atoms with Gasteiger partial charge in [0.2, 0.25) is 0 Å². The van der Waals surface area contributed by atoms with Crippen LogP contribution in [0.25, 0.3) is 6.08 Å². The van der Waals surface area contributed by atoms with E-state index < -0.39 is 0 Å². The van der Waals surface area contributed by atoms with Gasteiger partial charge in [0.1, 0.15) is 0 Å². The number of rotatable bonds is 2. The number of piperidine rings is 1. The largest absolute Gasteiger partial charge is 0.353 e. The molecule has 4 rings (SSSR count). The highest BCUT2D eigenvalue weighted by Gasteiger charge is 2.37. The van der Waals surface area contributed by atoms with Crippen LogP contribution < -0.4 is 10.6 Å². The van der Waals surface area contributed by atoms with Crippen molar-refractivity contribution < 1.29 is 0 Å². The lowest BCUT2D eigenvalue weighted by Crippen LogP contribution is -2.50. The summed E-state index contributed by atoms with van der Waals surface area (Å²) in [6.45, 7) is 1.43. The van der Waals surface area contributed by atoms with Crippen LogP contribution in [0.5, 0.6) is 0 Å². The first kappa shape index (κ1) is 20.1. The van der Waals surface area contributed by atoms with Crippen LogP contribution in [0.3, 0.4) is 0 Å². The molecule has 0 radical (unpaired) electrons. The zero-order chi connectivity index (χ0) is 19.8. The summed E-state index contributed by atoms with van der Waals surface area (Å²) in [6.07, 6.45) is 2.03. The number of thiocarbonyl (C=S) groups is 1. The van der Waals surface area contributed by atoms with E-state index in [0.29, 0.717) is 31.7 Å². The summed E-state index contributed by atoms with van der Waals surface area (Å²) in [6, 6.07) is 10.9. The van der Waals surface area contributed by atoms with Gasteiger partial charge in [-0.25, -0.2) is 4.99 Å². The summed E-state index contributed by atoms with van der Waals surface area (Å²) in [5.74, 6) is 0.0662. The Bertz CT molecular complexity index is 1020. The highest BCUT2D eigenvalue weighted by Crippen LogP contribution is 2.36. The lowest BCUT2D eigenvalue weighted by molar-refractivity contribution is 0.455. The number of aliphatic imine (C=N–C) groups is 1. The van der Waals surface area contributed by atoms with E-state index in [9.17, 15) is 0 Å². The standard InChI is InChI=1S/C20H15Cl4N3S/c21-12-2-1-10(16(23)6-12)5-11-8-25-9-15-18(11)26-20(28)27-19(15)14-4-3-13(22)7-17(14)24/h1-7,15,19,25H,8-9H2,(H,27,28)/b11-5+. The summed E-state index contributed by atoms with van der Waals surface area (Å²) >= 11 is 30.3. The highest BCUT2D eigenvalue weighted by atomic mass is 35.5. The van der Waals surface area contributed by atoms with E-state index in [4.69, 9.17) is 58.6 Å². The summed E-state index contributed by atoms with van der Waals surface area (Å²) in [4.78, 5) is 4.64. The quantitative estimate of drug-likeness (QED) is 0.530. The molecule has 2 aromatic rings. The van der Waals surface area contributed by atoms with Gasteiger partial charge in [-0.1, -0.05) is 58.5 Å². The van der Waals surface area contributed by atoms with Gasteiger partial charge in [0.05, 0.1) is 11.8 Å². The number of nitrogens with one attached hydrogen (secondary N) is 2. The molecule has 0 saturated carbocycles. The molecular formula is C20H15Cl4N3S. The second kappa shape index (κ2) is 8.31. The Morgan fingerprint density at radius 1 is 1.00 bits per heavy atom. The van der Waals surface area contributed by atoms with Crippen molar-refractivity contribution >= 4 is 75.5 Å². The van der Waals surface area contributed by atoms with Crippen molar-refractivity contribution in [3.8, 4) is 0 Å². The molecule has 2 heterocycles. The smallest absolute Gasteiger partial charge is 0.193 e. The van der Waals surface area contributed by atoms with Crippen molar-refractivity contribution in [3.63, 3.8) is 0 Å². The Hall–Kier alpha value is -1.14. The van der Waals surface area contributed by atoms with Gasteiger partial charge in [0.15, 0.2) is 5.11 Å². The zero-order valence-electron chi connectivity index (χ0n) is 14.5. The lowest BCUT2D eigenvalue weighted by Gasteiger charge is -2.38. The van der Waals surface area contributed by atoms with Crippen molar-refractivity contribution in [1.29, 1.82) is 0 Å². The third-order valence-corrected chi connectivity index (χ3v) is 6.19. The molecule has 144 valence electrons. The second-order valence-electron chi connectivity index (χ2n) is 6.66. The molecule has 0 bridgehead atoms. The van der Waals surface area contributed by atoms with Crippen LogP contribution >= 0.6 is 58.6 Å². The molecule has 2 N–H and O–H groups in total. The first-order valence-electron chi connectivity index (χ1n) is 8.63. The van der Waals surface area contributed by atoms with E-state index in [1.54, 1.807) is 12.1 Å². The predicted octanol–water partition coefficient (Wildman–Crippen LogP) is 5.97. The Kier molecular flexibility index (Phi) is 5.98. The summed E-state index contributed by atoms with van der Waals surface area (Å²) in [5.41, 5.74) is 3.82. The molecule has 8 heteroatoms. The van der Waals surface area contributed by atoms with Gasteiger partial charge >= 0.3 is 0 Å². The minimum absolute atomic E-state index is 0.0662. The normalized spacial score (nSPS) is 23.2. The number of hydrogen-bond acceptors (Lipinski definition) is 2. The van der Waals surface area contributed by atoms with Gasteiger partial charge < -0.3 is 10.6 Å². The Balaban J connectivity index is 1.74. The maximum Gasteiger partial charge on any atom is 0.193 e. The molecule has 2 unspecified atom stereocenters. The van der Waals surface area contributed by atoms with E-state index in [1.165, 1.54) is 0 Å². The number of nitrogens with zero attached hydrogens (tertiary/aromatic N) is 1. The van der Waals surface area contributed by atoms with Gasteiger partial charge in [-0.15, -0.1) is 0 Å². The molecule has 2 atom stereocenters. The zero-order valence-corrected chi connectivity index (χ0v) is 18.3. The topological polar surface area (TPSA) is 36.4 Å². The second-order valence-corrected chi connectivity index (χ2v) is 8.74. The maximum atomic E-state index is 6.47. The Morgan fingerprint density at radius 3 is 2.43 bits per heavy atom. The molecule has 0 aliphatic carbocycles. The van der Waals surface area contributed by atoms with Gasteiger partial charge in [-0.05, 0) is 59.3 Å². The minimum atomic E-state index is -0.0957. The van der Waals surface area contributed by atoms with Crippen LogP contribution in [-0.2, 0) is 0 Å². The van der Waals surface area contributed by atoms with Gasteiger partial charge in [0, 0.05) is 39.1 Å². The summed E-state index contributed by atoms with van der Waals surface area (Å²) in [5, 5.41) is 9.60. The molecule has 2 aromatic carbocycles. The molecule has 2 aliphatic heterocycles. The van der Waals surface area contributed by atoms with E-state index >= 15 is 0 Å². The molecule has 1 fully saturated rings. The van der Waals surface area contributed by atoms with E-state index in [2.05, 4.69) is 15.6 Å². The fraction of sp³-hybridized carbons (Fsp3) is 0.200. The lowest BCUT2D eigenvalue weighted by atomic mass is 9.82. The molecule has 2 aliphatic rings. The molecule has 1 saturated heterocycles. The average molecular weight is 471 g/mol. The Labute approximate surface area is 188 Å². The molecule has 0 aromatic heterocycles. The first-order valence-corrected chi connectivity index (χ1v) is 10.5. The van der Waals surface area contributed by atoms with Crippen LogP contribution in [0.1, 0.15) is 17.2 Å². The van der Waals surface area contributed by atoms with Crippen molar-refractivity contribution in [2.24, 2.45) is 10.9 Å². The van der Waals surface area contributed by atoms with Gasteiger partial charge in [0.25, 0.3) is 0 Å². The van der Waals surface area contributed by atoms with Crippen molar-refractivity contribution in [2.45, 2.75) is 6.04 Å². The summed E-state index contributed by atoms with van der Waals surface area (Å²) < 4.78 is 0. The fourth-order valence-corrected chi connectivity index (χ4v) is 4.79. The third-order valence-electron chi connectivity index (χ3n) is 4.85. The molecular weight excluding hydrogens is 456 g/mol. The van der Waals surface area contributed by atoms with Gasteiger partial charge in [-0.2, -0.15) is 0 Å². The number of fused-ring (bicyclic) bond motifs is 1. The van der Waals surface area contributed by atoms with E-state index in [0.717, 1.165) is 29.0 Å². The molecule has 0 spiro atoms. The maximum absolute atomic E-state index is 6.47. The number of benzene rings is 2.